The zero-order valence-corrected chi connectivity index (χ0v) is 13.2. The molecule has 0 aliphatic carbocycles. The first kappa shape index (κ1) is 16.4. The Hall–Kier alpha value is -0.660. The first-order valence-corrected chi connectivity index (χ1v) is 8.43. The molecule has 6 nitrogen and oxygen atoms in total. The summed E-state index contributed by atoms with van der Waals surface area (Å²) in [6.07, 6.45) is 1.82. The molecule has 0 aromatic rings. The highest BCUT2D eigenvalue weighted by Gasteiger charge is 2.34. The van der Waals surface area contributed by atoms with E-state index in [1.54, 1.807) is 4.90 Å². The summed E-state index contributed by atoms with van der Waals surface area (Å²) in [6, 6.07) is -0.314. The second-order valence-corrected chi connectivity index (χ2v) is 7.59. The number of hydrogen-bond acceptors (Lipinski definition) is 4. The van der Waals surface area contributed by atoms with E-state index >= 15 is 0 Å². The van der Waals surface area contributed by atoms with Crippen LogP contribution in [0.3, 0.4) is 0 Å². The van der Waals surface area contributed by atoms with Crippen molar-refractivity contribution in [3.63, 3.8) is 0 Å². The Bertz CT molecular complexity index is 412. The van der Waals surface area contributed by atoms with Gasteiger partial charge in [0, 0.05) is 19.1 Å². The molecule has 0 aromatic carbocycles. The standard InChI is InChI=1S/C12H25N3O3S/c1-9(2)11(14(3)4)12(16)15-7-6-10(8-15)13-19(5,17)18/h9-11,13H,6-8H2,1-5H3/t10?,11-/m0/s1. The lowest BCUT2D eigenvalue weighted by molar-refractivity contribution is -0.136. The minimum absolute atomic E-state index is 0.0813. The Morgan fingerprint density at radius 2 is 1.95 bits per heavy atom. The van der Waals surface area contributed by atoms with Crippen molar-refractivity contribution in [1.29, 1.82) is 0 Å². The molecule has 1 rings (SSSR count). The monoisotopic (exact) mass is 291 g/mol. The van der Waals surface area contributed by atoms with Crippen LogP contribution in [0.1, 0.15) is 20.3 Å². The Morgan fingerprint density at radius 3 is 2.37 bits per heavy atom. The van der Waals surface area contributed by atoms with E-state index in [0.717, 1.165) is 6.26 Å². The Morgan fingerprint density at radius 1 is 1.37 bits per heavy atom. The van der Waals surface area contributed by atoms with E-state index in [9.17, 15) is 13.2 Å². The summed E-state index contributed by atoms with van der Waals surface area (Å²) >= 11 is 0. The molecule has 1 N–H and O–H groups in total. The van der Waals surface area contributed by atoms with Crippen LogP contribution in [0, 0.1) is 5.92 Å². The SMILES string of the molecule is CC(C)[C@@H](C(=O)N1CCC(NS(C)(=O)=O)C1)N(C)C. The largest absolute Gasteiger partial charge is 0.340 e. The van der Waals surface area contributed by atoms with E-state index < -0.39 is 10.0 Å². The van der Waals surface area contributed by atoms with Gasteiger partial charge in [-0.2, -0.15) is 0 Å². The minimum atomic E-state index is -3.21. The third kappa shape index (κ3) is 4.74. The number of carbonyl (C=O) groups is 1. The van der Waals surface area contributed by atoms with Crippen molar-refractivity contribution in [2.45, 2.75) is 32.4 Å². The van der Waals surface area contributed by atoms with E-state index in [1.807, 2.05) is 32.8 Å². The average molecular weight is 291 g/mol. The first-order valence-electron chi connectivity index (χ1n) is 6.54. The van der Waals surface area contributed by atoms with Crippen LogP contribution in [-0.4, -0.2) is 69.6 Å². The van der Waals surface area contributed by atoms with Crippen LogP contribution >= 0.6 is 0 Å². The molecule has 1 heterocycles. The molecule has 0 bridgehead atoms. The molecule has 0 saturated carbocycles. The zero-order chi connectivity index (χ0) is 14.8. The normalized spacial score (nSPS) is 22.3. The summed E-state index contributed by atoms with van der Waals surface area (Å²) in [4.78, 5) is 16.1. The molecule has 1 unspecified atom stereocenters. The maximum Gasteiger partial charge on any atom is 0.240 e. The average Bonchev–Trinajstić information content (AvgIpc) is 2.61. The molecule has 19 heavy (non-hydrogen) atoms. The highest BCUT2D eigenvalue weighted by molar-refractivity contribution is 7.88. The Labute approximate surface area is 116 Å². The van der Waals surface area contributed by atoms with Gasteiger partial charge in [-0.05, 0) is 26.4 Å². The van der Waals surface area contributed by atoms with Crippen molar-refractivity contribution in [1.82, 2.24) is 14.5 Å². The Kier molecular flexibility index (Phi) is 5.34. The van der Waals surface area contributed by atoms with E-state index in [4.69, 9.17) is 0 Å². The molecular weight excluding hydrogens is 266 g/mol. The minimum Gasteiger partial charge on any atom is -0.340 e. The number of nitrogens with one attached hydrogen (secondary N) is 1. The second kappa shape index (κ2) is 6.19. The van der Waals surface area contributed by atoms with Gasteiger partial charge in [0.25, 0.3) is 0 Å². The summed E-state index contributed by atoms with van der Waals surface area (Å²) in [6.45, 7) is 5.11. The van der Waals surface area contributed by atoms with Crippen LogP contribution in [0.15, 0.2) is 0 Å². The summed E-state index contributed by atoms with van der Waals surface area (Å²) in [5.41, 5.74) is 0. The molecule has 112 valence electrons. The number of nitrogens with zero attached hydrogens (tertiary/aromatic N) is 2. The molecule has 1 fully saturated rings. The lowest BCUT2D eigenvalue weighted by Gasteiger charge is -2.30. The van der Waals surface area contributed by atoms with Gasteiger partial charge in [0.15, 0.2) is 0 Å². The number of likely N-dealkylation sites (tertiary alicyclic amines) is 1. The number of hydrogen-bond donors (Lipinski definition) is 1. The molecular formula is C12H25N3O3S. The van der Waals surface area contributed by atoms with Gasteiger partial charge in [-0.3, -0.25) is 9.69 Å². The fourth-order valence-electron chi connectivity index (χ4n) is 2.65. The number of sulfonamides is 1. The maximum absolute atomic E-state index is 12.4. The topological polar surface area (TPSA) is 69.7 Å². The highest BCUT2D eigenvalue weighted by Crippen LogP contribution is 2.16. The van der Waals surface area contributed by atoms with Crippen LogP contribution in [0.5, 0.6) is 0 Å². The lowest BCUT2D eigenvalue weighted by atomic mass is 10.0. The van der Waals surface area contributed by atoms with Gasteiger partial charge in [-0.25, -0.2) is 13.1 Å². The molecule has 0 spiro atoms. The summed E-state index contributed by atoms with van der Waals surface area (Å²) in [5, 5.41) is 0. The van der Waals surface area contributed by atoms with Gasteiger partial charge in [-0.1, -0.05) is 13.8 Å². The van der Waals surface area contributed by atoms with Gasteiger partial charge in [0.1, 0.15) is 0 Å². The third-order valence-electron chi connectivity index (χ3n) is 3.32. The van der Waals surface area contributed by atoms with E-state index in [1.165, 1.54) is 0 Å². The van der Waals surface area contributed by atoms with Crippen molar-refractivity contribution in [3.8, 4) is 0 Å². The predicted octanol–water partition coefficient (Wildman–Crippen LogP) is -0.277. The summed E-state index contributed by atoms with van der Waals surface area (Å²) in [7, 11) is 0.579. The smallest absolute Gasteiger partial charge is 0.240 e. The van der Waals surface area contributed by atoms with Crippen LogP contribution in [-0.2, 0) is 14.8 Å². The number of likely N-dealkylation sites (N-methyl/N-ethyl adjacent to an activating group) is 1. The number of amides is 1. The van der Waals surface area contributed by atoms with Gasteiger partial charge in [0.2, 0.25) is 15.9 Å². The second-order valence-electron chi connectivity index (χ2n) is 5.81. The van der Waals surface area contributed by atoms with Gasteiger partial charge >= 0.3 is 0 Å². The van der Waals surface area contributed by atoms with Crippen LogP contribution in [0.2, 0.25) is 0 Å². The summed E-state index contributed by atoms with van der Waals surface area (Å²) < 4.78 is 24.9. The molecule has 1 aliphatic rings. The fourth-order valence-corrected chi connectivity index (χ4v) is 3.45. The molecule has 1 saturated heterocycles. The van der Waals surface area contributed by atoms with Gasteiger partial charge in [-0.15, -0.1) is 0 Å². The van der Waals surface area contributed by atoms with Crippen molar-refractivity contribution < 1.29 is 13.2 Å². The number of carbonyl (C=O) groups excluding carboxylic acids is 1. The molecule has 1 amide bonds. The van der Waals surface area contributed by atoms with E-state index in [0.29, 0.717) is 19.5 Å². The zero-order valence-electron chi connectivity index (χ0n) is 12.4. The van der Waals surface area contributed by atoms with E-state index in [-0.39, 0.29) is 23.9 Å². The van der Waals surface area contributed by atoms with Crippen molar-refractivity contribution in [3.05, 3.63) is 0 Å². The van der Waals surface area contributed by atoms with Crippen molar-refractivity contribution in [2.24, 2.45) is 5.92 Å². The van der Waals surface area contributed by atoms with Gasteiger partial charge < -0.3 is 4.90 Å². The van der Waals surface area contributed by atoms with Crippen LogP contribution < -0.4 is 4.72 Å². The molecule has 2 atom stereocenters. The van der Waals surface area contributed by atoms with Gasteiger partial charge in [0.05, 0.1) is 12.3 Å². The first-order chi connectivity index (χ1) is 8.61. The summed E-state index contributed by atoms with van der Waals surface area (Å²) in [5.74, 6) is 0.308. The molecule has 7 heteroatoms. The van der Waals surface area contributed by atoms with Crippen molar-refractivity contribution in [2.75, 3.05) is 33.4 Å². The van der Waals surface area contributed by atoms with Crippen molar-refractivity contribution >= 4 is 15.9 Å². The quantitative estimate of drug-likeness (QED) is 0.756. The molecule has 0 radical (unpaired) electrons. The third-order valence-corrected chi connectivity index (χ3v) is 4.08. The molecule has 1 aliphatic heterocycles. The maximum atomic E-state index is 12.4. The fraction of sp³-hybridized carbons (Fsp3) is 0.917. The van der Waals surface area contributed by atoms with Crippen LogP contribution in [0.25, 0.3) is 0 Å². The lowest BCUT2D eigenvalue weighted by Crippen LogP contribution is -2.48. The molecule has 0 aromatic heterocycles. The highest BCUT2D eigenvalue weighted by atomic mass is 32.2. The Balaban J connectivity index is 2.65. The number of rotatable bonds is 5. The van der Waals surface area contributed by atoms with Crippen LogP contribution in [0.4, 0.5) is 0 Å². The van der Waals surface area contributed by atoms with E-state index in [2.05, 4.69) is 4.72 Å². The predicted molar refractivity (Wildman–Crippen MR) is 75.3 cm³/mol.